The molecule has 0 bridgehead atoms. The summed E-state index contributed by atoms with van der Waals surface area (Å²) in [6.45, 7) is 8.00. The molecular weight excluding hydrogens is 384 g/mol. The molecule has 0 aliphatic heterocycles. The Bertz CT molecular complexity index is 859. The Kier molecular flexibility index (Phi) is 19.8. The summed E-state index contributed by atoms with van der Waals surface area (Å²) >= 11 is 0. The quantitative estimate of drug-likeness (QED) is 0.410. The van der Waals surface area contributed by atoms with E-state index in [0.29, 0.717) is 5.56 Å². The summed E-state index contributed by atoms with van der Waals surface area (Å²) < 4.78 is 0. The second-order valence-corrected chi connectivity index (χ2v) is 4.69. The first-order valence-electron chi connectivity index (χ1n) is 9.17. The van der Waals surface area contributed by atoms with Gasteiger partial charge in [-0.2, -0.15) is 0 Å². The number of para-hydroxylation sites is 1. The lowest BCUT2D eigenvalue weighted by Crippen LogP contribution is -1.95. The number of benzene rings is 3. The molecule has 0 saturated heterocycles. The molecule has 6 nitrogen and oxygen atoms in total. The van der Waals surface area contributed by atoms with Gasteiger partial charge in [-0.15, -0.1) is 0 Å². The second-order valence-electron chi connectivity index (χ2n) is 4.69. The molecular formula is C24H34O6. The molecule has 0 spiro atoms. The maximum Gasteiger partial charge on any atom is 0.339 e. The van der Waals surface area contributed by atoms with Gasteiger partial charge < -0.3 is 20.4 Å². The number of hydrogen-bond acceptors (Lipinski definition) is 4. The molecule has 3 rings (SSSR count). The van der Waals surface area contributed by atoms with E-state index in [0.717, 1.165) is 17.9 Å². The van der Waals surface area contributed by atoms with Gasteiger partial charge in [0.25, 0.3) is 0 Å². The molecule has 0 heterocycles. The highest BCUT2D eigenvalue weighted by Gasteiger charge is 2.05. The van der Waals surface area contributed by atoms with Crippen molar-refractivity contribution < 1.29 is 30.0 Å². The van der Waals surface area contributed by atoms with Gasteiger partial charge in [-0.25, -0.2) is 9.59 Å². The fourth-order valence-electron chi connectivity index (χ4n) is 1.98. The highest BCUT2D eigenvalue weighted by atomic mass is 16.4. The van der Waals surface area contributed by atoms with Crippen molar-refractivity contribution in [2.75, 3.05) is 7.11 Å². The van der Waals surface area contributed by atoms with E-state index in [2.05, 4.69) is 0 Å². The van der Waals surface area contributed by atoms with Crippen LogP contribution in [0.1, 0.15) is 55.8 Å². The van der Waals surface area contributed by atoms with Crippen molar-refractivity contribution in [3.05, 3.63) is 77.9 Å². The fourth-order valence-corrected chi connectivity index (χ4v) is 1.98. The van der Waals surface area contributed by atoms with Crippen LogP contribution in [0.2, 0.25) is 0 Å². The molecule has 0 amide bonds. The maximum absolute atomic E-state index is 10.6. The molecule has 4 N–H and O–H groups in total. The molecule has 0 aliphatic carbocycles. The van der Waals surface area contributed by atoms with Gasteiger partial charge in [0.15, 0.2) is 0 Å². The van der Waals surface area contributed by atoms with Crippen molar-refractivity contribution in [1.82, 2.24) is 0 Å². The van der Waals surface area contributed by atoms with E-state index < -0.39 is 11.9 Å². The summed E-state index contributed by atoms with van der Waals surface area (Å²) in [5, 5.41) is 35.1. The SMILES string of the molecule is C.CC.CC.CO.O=C(O)c1ccc2ccccc2c1.O=C(O)c1ccccc1O. The summed E-state index contributed by atoms with van der Waals surface area (Å²) in [6, 6.07) is 18.6. The third kappa shape index (κ3) is 10.8. The number of carboxylic acids is 2. The predicted molar refractivity (Wildman–Crippen MR) is 124 cm³/mol. The van der Waals surface area contributed by atoms with Crippen LogP contribution < -0.4 is 0 Å². The number of aliphatic hydroxyl groups is 1. The lowest BCUT2D eigenvalue weighted by molar-refractivity contribution is 0.0684. The lowest BCUT2D eigenvalue weighted by atomic mass is 10.1. The van der Waals surface area contributed by atoms with Crippen LogP contribution in [0.4, 0.5) is 0 Å². The van der Waals surface area contributed by atoms with Crippen molar-refractivity contribution >= 4 is 22.7 Å². The molecule has 0 saturated carbocycles. The molecule has 30 heavy (non-hydrogen) atoms. The van der Waals surface area contributed by atoms with Gasteiger partial charge in [0.1, 0.15) is 11.3 Å². The van der Waals surface area contributed by atoms with Gasteiger partial charge in [-0.3, -0.25) is 0 Å². The molecule has 0 unspecified atom stereocenters. The van der Waals surface area contributed by atoms with Crippen molar-refractivity contribution in [3.8, 4) is 5.75 Å². The zero-order valence-corrected chi connectivity index (χ0v) is 17.5. The van der Waals surface area contributed by atoms with Crippen molar-refractivity contribution in [2.45, 2.75) is 35.1 Å². The van der Waals surface area contributed by atoms with Gasteiger partial charge in [-0.05, 0) is 35.0 Å². The Morgan fingerprint density at radius 1 is 0.667 bits per heavy atom. The van der Waals surface area contributed by atoms with E-state index in [1.54, 1.807) is 24.3 Å². The monoisotopic (exact) mass is 418 g/mol. The molecule has 3 aromatic rings. The molecule has 3 aromatic carbocycles. The number of hydrogen-bond donors (Lipinski definition) is 4. The Morgan fingerprint density at radius 2 is 1.13 bits per heavy atom. The number of carbonyl (C=O) groups is 2. The number of carboxylic acid groups (broad SMARTS) is 2. The topological polar surface area (TPSA) is 115 Å². The minimum Gasteiger partial charge on any atom is -0.507 e. The molecule has 0 aromatic heterocycles. The summed E-state index contributed by atoms with van der Waals surface area (Å²) in [7, 11) is 1.00. The van der Waals surface area contributed by atoms with E-state index in [-0.39, 0.29) is 18.7 Å². The van der Waals surface area contributed by atoms with Crippen LogP contribution >= 0.6 is 0 Å². The minimum atomic E-state index is -1.11. The number of rotatable bonds is 2. The van der Waals surface area contributed by atoms with Crippen molar-refractivity contribution in [2.24, 2.45) is 0 Å². The van der Waals surface area contributed by atoms with Crippen LogP contribution in [0.25, 0.3) is 10.8 Å². The molecule has 0 aliphatic rings. The molecule has 0 atom stereocenters. The standard InChI is InChI=1S/C11H8O2.C7H6O3.2C2H6.CH4O.CH4/c12-11(13)10-6-5-8-3-1-2-4-9(8)7-10;8-6-4-2-1-3-5(6)7(9)10;3*1-2;/h1-7H,(H,12,13);1-4,8H,(H,9,10);2*1-2H3;2H,1H3;1H4. The highest BCUT2D eigenvalue weighted by molar-refractivity contribution is 5.94. The Balaban J connectivity index is -0.000000386. The highest BCUT2D eigenvalue weighted by Crippen LogP contribution is 2.15. The minimum absolute atomic E-state index is 0. The Labute approximate surface area is 179 Å². The number of fused-ring (bicyclic) bond motifs is 1. The zero-order valence-electron chi connectivity index (χ0n) is 17.5. The van der Waals surface area contributed by atoms with Crippen LogP contribution in [-0.4, -0.2) is 39.5 Å². The van der Waals surface area contributed by atoms with Gasteiger partial charge in [0, 0.05) is 7.11 Å². The van der Waals surface area contributed by atoms with Crippen LogP contribution in [0, 0.1) is 0 Å². The van der Waals surface area contributed by atoms with Crippen LogP contribution in [0.15, 0.2) is 66.7 Å². The van der Waals surface area contributed by atoms with E-state index in [1.165, 1.54) is 12.1 Å². The second kappa shape index (κ2) is 19.0. The number of aliphatic hydroxyl groups excluding tert-OH is 1. The zero-order chi connectivity index (χ0) is 22.8. The van der Waals surface area contributed by atoms with E-state index in [9.17, 15) is 9.59 Å². The van der Waals surface area contributed by atoms with E-state index in [1.807, 2.05) is 58.0 Å². The Morgan fingerprint density at radius 3 is 1.57 bits per heavy atom. The fraction of sp³-hybridized carbons (Fsp3) is 0.250. The van der Waals surface area contributed by atoms with E-state index >= 15 is 0 Å². The lowest BCUT2D eigenvalue weighted by Gasteiger charge is -1.98. The van der Waals surface area contributed by atoms with Crippen LogP contribution in [0.3, 0.4) is 0 Å². The van der Waals surface area contributed by atoms with Gasteiger partial charge >= 0.3 is 11.9 Å². The largest absolute Gasteiger partial charge is 0.507 e. The third-order valence-corrected chi connectivity index (χ3v) is 3.13. The summed E-state index contributed by atoms with van der Waals surface area (Å²) in [6.07, 6.45) is 0. The number of aromatic hydroxyl groups is 1. The van der Waals surface area contributed by atoms with Crippen molar-refractivity contribution in [1.29, 1.82) is 0 Å². The van der Waals surface area contributed by atoms with Gasteiger partial charge in [0.2, 0.25) is 0 Å². The first kappa shape index (κ1) is 31.3. The molecule has 6 heteroatoms. The summed E-state index contributed by atoms with van der Waals surface area (Å²) in [5.41, 5.74) is 0.265. The van der Waals surface area contributed by atoms with Crippen LogP contribution in [0.5, 0.6) is 5.75 Å². The maximum atomic E-state index is 10.6. The Hall–Kier alpha value is -3.38. The van der Waals surface area contributed by atoms with Crippen molar-refractivity contribution in [3.63, 3.8) is 0 Å². The molecule has 0 radical (unpaired) electrons. The third-order valence-electron chi connectivity index (χ3n) is 3.13. The van der Waals surface area contributed by atoms with Crippen LogP contribution in [-0.2, 0) is 0 Å². The first-order valence-corrected chi connectivity index (χ1v) is 9.17. The average molecular weight is 419 g/mol. The predicted octanol–water partition coefficient (Wildman–Crippen LogP) is 5.93. The summed E-state index contributed by atoms with van der Waals surface area (Å²) in [4.78, 5) is 20.9. The normalized spacial score (nSPS) is 8.07. The number of aromatic carboxylic acids is 2. The first-order chi connectivity index (χ1) is 14.0. The average Bonchev–Trinajstić information content (AvgIpc) is 2.78. The van der Waals surface area contributed by atoms with Gasteiger partial charge in [-0.1, -0.05) is 77.6 Å². The smallest absolute Gasteiger partial charge is 0.339 e. The van der Waals surface area contributed by atoms with Gasteiger partial charge in [0.05, 0.1) is 5.56 Å². The van der Waals surface area contributed by atoms with E-state index in [4.69, 9.17) is 20.4 Å². The molecule has 0 fully saturated rings. The number of phenols is 1. The molecule has 166 valence electrons. The summed E-state index contributed by atoms with van der Waals surface area (Å²) in [5.74, 6) is -2.20.